The number of anilines is 1. The zero-order chi connectivity index (χ0) is 24.4. The molecule has 1 aromatic carbocycles. The minimum atomic E-state index is -2.90. The standard InChI is InChI=1S/C20H17F2N7O4S/c1-11-17(29(31)32)12(2)28(25-11)10-27-8-7-15(26-27)18(30)24-20-23-16(9-34-20)13-3-5-14(6-4-13)33-19(21)22/h3-9,19H,10H2,1-2H3,(H,23,24,30). The fourth-order valence-corrected chi connectivity index (χ4v) is 3.93. The monoisotopic (exact) mass is 489 g/mol. The zero-order valence-electron chi connectivity index (χ0n) is 17.8. The average molecular weight is 489 g/mol. The number of nitro groups is 1. The number of aromatic nitrogens is 5. The van der Waals surface area contributed by atoms with Gasteiger partial charge in [0.05, 0.1) is 10.6 Å². The van der Waals surface area contributed by atoms with Gasteiger partial charge in [0.25, 0.3) is 5.91 Å². The summed E-state index contributed by atoms with van der Waals surface area (Å²) >= 11 is 1.19. The fraction of sp³-hybridized carbons (Fsp3) is 0.200. The van der Waals surface area contributed by atoms with Gasteiger partial charge >= 0.3 is 12.3 Å². The number of rotatable bonds is 8. The lowest BCUT2D eigenvalue weighted by Crippen LogP contribution is -2.15. The molecule has 1 N–H and O–H groups in total. The third-order valence-electron chi connectivity index (χ3n) is 4.78. The van der Waals surface area contributed by atoms with Crippen LogP contribution in [0, 0.1) is 24.0 Å². The predicted octanol–water partition coefficient (Wildman–Crippen LogP) is 4.09. The molecule has 14 heteroatoms. The van der Waals surface area contributed by atoms with E-state index in [9.17, 15) is 23.7 Å². The first-order chi connectivity index (χ1) is 16.2. The highest BCUT2D eigenvalue weighted by Gasteiger charge is 2.22. The van der Waals surface area contributed by atoms with Gasteiger partial charge in [-0.1, -0.05) is 0 Å². The Bertz CT molecular complexity index is 1350. The van der Waals surface area contributed by atoms with Gasteiger partial charge in [0, 0.05) is 17.1 Å². The average Bonchev–Trinajstić information content (AvgIpc) is 3.48. The largest absolute Gasteiger partial charge is 0.435 e. The number of benzene rings is 1. The van der Waals surface area contributed by atoms with Crippen molar-refractivity contribution in [3.05, 3.63) is 69.1 Å². The number of nitrogens with zero attached hydrogens (tertiary/aromatic N) is 6. The number of carbonyl (C=O) groups excluding carboxylic acids is 1. The van der Waals surface area contributed by atoms with Crippen molar-refractivity contribution in [1.82, 2.24) is 24.5 Å². The van der Waals surface area contributed by atoms with Crippen molar-refractivity contribution in [2.75, 3.05) is 5.32 Å². The van der Waals surface area contributed by atoms with E-state index >= 15 is 0 Å². The first-order valence-corrected chi connectivity index (χ1v) is 10.6. The van der Waals surface area contributed by atoms with E-state index in [-0.39, 0.29) is 23.8 Å². The van der Waals surface area contributed by atoms with Crippen LogP contribution in [0.1, 0.15) is 21.9 Å². The van der Waals surface area contributed by atoms with E-state index in [1.165, 1.54) is 38.9 Å². The van der Waals surface area contributed by atoms with Crippen molar-refractivity contribution >= 4 is 28.1 Å². The minimum Gasteiger partial charge on any atom is -0.435 e. The first-order valence-electron chi connectivity index (χ1n) is 9.75. The van der Waals surface area contributed by atoms with E-state index in [1.807, 2.05) is 0 Å². The van der Waals surface area contributed by atoms with Gasteiger partial charge in [-0.25, -0.2) is 9.67 Å². The summed E-state index contributed by atoms with van der Waals surface area (Å²) in [6.07, 6.45) is 1.56. The zero-order valence-corrected chi connectivity index (χ0v) is 18.6. The Balaban J connectivity index is 1.41. The summed E-state index contributed by atoms with van der Waals surface area (Å²) < 4.78 is 31.7. The third kappa shape index (κ3) is 4.91. The van der Waals surface area contributed by atoms with Crippen molar-refractivity contribution in [3.63, 3.8) is 0 Å². The first kappa shape index (κ1) is 23.0. The number of ether oxygens (including phenoxy) is 1. The van der Waals surface area contributed by atoms with E-state index in [2.05, 4.69) is 25.2 Å². The topological polar surface area (TPSA) is 130 Å². The Hall–Kier alpha value is -4.20. The van der Waals surface area contributed by atoms with Gasteiger partial charge in [-0.05, 0) is 44.2 Å². The van der Waals surface area contributed by atoms with E-state index in [4.69, 9.17) is 0 Å². The number of thiazole rings is 1. The number of amides is 1. The van der Waals surface area contributed by atoms with Crippen LogP contribution >= 0.6 is 11.3 Å². The van der Waals surface area contributed by atoms with E-state index < -0.39 is 17.4 Å². The molecule has 0 aliphatic carbocycles. The lowest BCUT2D eigenvalue weighted by atomic mass is 10.2. The van der Waals surface area contributed by atoms with Gasteiger partial charge in [-0.2, -0.15) is 19.0 Å². The Kier molecular flexibility index (Phi) is 6.32. The molecule has 4 aromatic rings. The summed E-state index contributed by atoms with van der Waals surface area (Å²) in [5.41, 5.74) is 1.97. The number of halogens is 2. The van der Waals surface area contributed by atoms with Crippen molar-refractivity contribution in [2.24, 2.45) is 0 Å². The maximum Gasteiger partial charge on any atom is 0.387 e. The number of carbonyl (C=O) groups is 1. The molecule has 0 saturated heterocycles. The quantitative estimate of drug-likeness (QED) is 0.291. The SMILES string of the molecule is Cc1nn(Cn2ccc(C(=O)Nc3nc(-c4ccc(OC(F)F)cc4)cs3)n2)c(C)c1[N+](=O)[O-]. The molecule has 4 rings (SSSR count). The number of aryl methyl sites for hydroxylation is 1. The summed E-state index contributed by atoms with van der Waals surface area (Å²) in [6.45, 7) is 0.341. The molecule has 0 aliphatic rings. The maximum atomic E-state index is 12.6. The molecule has 3 aromatic heterocycles. The molecular weight excluding hydrogens is 472 g/mol. The van der Waals surface area contributed by atoms with Crippen LogP contribution in [0.3, 0.4) is 0 Å². The predicted molar refractivity (Wildman–Crippen MR) is 118 cm³/mol. The molecule has 176 valence electrons. The van der Waals surface area contributed by atoms with E-state index in [0.29, 0.717) is 27.8 Å². The lowest BCUT2D eigenvalue weighted by Gasteiger charge is -2.04. The minimum absolute atomic E-state index is 0.0353. The van der Waals surface area contributed by atoms with Gasteiger partial charge < -0.3 is 4.74 Å². The summed E-state index contributed by atoms with van der Waals surface area (Å²) in [4.78, 5) is 27.6. The molecule has 1 amide bonds. The molecule has 0 fully saturated rings. The molecule has 0 aliphatic heterocycles. The highest BCUT2D eigenvalue weighted by atomic mass is 32.1. The Morgan fingerprint density at radius 2 is 1.97 bits per heavy atom. The second kappa shape index (κ2) is 9.35. The van der Waals surface area contributed by atoms with Crippen LogP contribution in [0.15, 0.2) is 41.9 Å². The molecule has 3 heterocycles. The summed E-state index contributed by atoms with van der Waals surface area (Å²) in [5, 5.41) is 24.2. The second-order valence-electron chi connectivity index (χ2n) is 7.05. The lowest BCUT2D eigenvalue weighted by molar-refractivity contribution is -0.386. The fourth-order valence-electron chi connectivity index (χ4n) is 3.22. The molecule has 34 heavy (non-hydrogen) atoms. The summed E-state index contributed by atoms with van der Waals surface area (Å²) in [6, 6.07) is 7.49. The maximum absolute atomic E-state index is 12.6. The Morgan fingerprint density at radius 1 is 1.24 bits per heavy atom. The number of alkyl halides is 2. The van der Waals surface area contributed by atoms with E-state index in [0.717, 1.165) is 0 Å². The van der Waals surface area contributed by atoms with Crippen LogP contribution in [-0.4, -0.2) is 42.0 Å². The number of hydrogen-bond donors (Lipinski definition) is 1. The molecule has 11 nitrogen and oxygen atoms in total. The second-order valence-corrected chi connectivity index (χ2v) is 7.91. The molecule has 0 unspecified atom stereocenters. The normalized spacial score (nSPS) is 11.1. The highest BCUT2D eigenvalue weighted by molar-refractivity contribution is 7.14. The number of hydrogen-bond acceptors (Lipinski definition) is 8. The van der Waals surface area contributed by atoms with Gasteiger partial charge in [0.15, 0.2) is 10.8 Å². The van der Waals surface area contributed by atoms with Crippen molar-refractivity contribution in [2.45, 2.75) is 27.1 Å². The van der Waals surface area contributed by atoms with Gasteiger partial charge in [-0.15, -0.1) is 11.3 Å². The van der Waals surface area contributed by atoms with Gasteiger partial charge in [0.2, 0.25) is 0 Å². The number of nitrogens with one attached hydrogen (secondary N) is 1. The van der Waals surface area contributed by atoms with Crippen LogP contribution < -0.4 is 10.1 Å². The molecular formula is C20H17F2N7O4S. The van der Waals surface area contributed by atoms with Crippen molar-refractivity contribution < 1.29 is 23.2 Å². The van der Waals surface area contributed by atoms with E-state index in [1.54, 1.807) is 37.6 Å². The van der Waals surface area contributed by atoms with Crippen LogP contribution in [0.4, 0.5) is 19.6 Å². The Labute approximate surface area is 194 Å². The third-order valence-corrected chi connectivity index (χ3v) is 5.54. The van der Waals surface area contributed by atoms with Gasteiger partial charge in [0.1, 0.15) is 23.8 Å². The van der Waals surface area contributed by atoms with Crippen LogP contribution in [0.25, 0.3) is 11.3 Å². The van der Waals surface area contributed by atoms with Gasteiger partial charge in [-0.3, -0.25) is 24.9 Å². The molecule has 0 saturated carbocycles. The molecule has 0 bridgehead atoms. The molecule has 0 radical (unpaired) electrons. The van der Waals surface area contributed by atoms with Crippen molar-refractivity contribution in [3.8, 4) is 17.0 Å². The Morgan fingerprint density at radius 3 is 2.62 bits per heavy atom. The van der Waals surface area contributed by atoms with Crippen LogP contribution in [-0.2, 0) is 6.67 Å². The van der Waals surface area contributed by atoms with Crippen LogP contribution in [0.2, 0.25) is 0 Å². The summed E-state index contributed by atoms with van der Waals surface area (Å²) in [7, 11) is 0. The van der Waals surface area contributed by atoms with Crippen molar-refractivity contribution in [1.29, 1.82) is 0 Å². The molecule has 0 spiro atoms. The molecule has 0 atom stereocenters. The van der Waals surface area contributed by atoms with Crippen LogP contribution in [0.5, 0.6) is 5.75 Å². The smallest absolute Gasteiger partial charge is 0.387 e. The summed E-state index contributed by atoms with van der Waals surface area (Å²) in [5.74, 6) is -0.451. The highest BCUT2D eigenvalue weighted by Crippen LogP contribution is 2.27.